The Labute approximate surface area is 293 Å². The standard InChI is InChI=1S/C47H30N4/c1-3-13-32(14-4-1)49-42-20-10-7-17-35(42)37-27-30-40-39(45(37)49)29-28-38-36-18-8-11-21-43(36)50(46(38)40)34-25-23-31(24-26-34)47-48-41-19-9-12-22-44(41)51(47)33-15-5-2-6-16-33/h1-30H. The Morgan fingerprint density at radius 3 is 1.25 bits per heavy atom. The number of fused-ring (bicyclic) bond motifs is 10. The average molecular weight is 651 g/mol. The molecule has 0 fully saturated rings. The molecule has 0 spiro atoms. The summed E-state index contributed by atoms with van der Waals surface area (Å²) in [6.07, 6.45) is 0. The van der Waals surface area contributed by atoms with E-state index in [9.17, 15) is 0 Å². The molecule has 0 amide bonds. The number of imidazole rings is 1. The molecule has 4 heteroatoms. The third-order valence-electron chi connectivity index (χ3n) is 10.4. The summed E-state index contributed by atoms with van der Waals surface area (Å²) >= 11 is 0. The molecule has 51 heavy (non-hydrogen) atoms. The zero-order valence-electron chi connectivity index (χ0n) is 27.6. The lowest BCUT2D eigenvalue weighted by Crippen LogP contribution is -1.98. The normalized spacial score (nSPS) is 11.9. The smallest absolute Gasteiger partial charge is 0.145 e. The van der Waals surface area contributed by atoms with Crippen LogP contribution in [-0.2, 0) is 0 Å². The van der Waals surface area contributed by atoms with Crippen LogP contribution in [-0.4, -0.2) is 18.7 Å². The lowest BCUT2D eigenvalue weighted by Gasteiger charge is -2.13. The van der Waals surface area contributed by atoms with Crippen molar-refractivity contribution in [2.45, 2.75) is 0 Å². The van der Waals surface area contributed by atoms with Crippen LogP contribution in [0, 0.1) is 0 Å². The van der Waals surface area contributed by atoms with Gasteiger partial charge in [-0.05, 0) is 72.8 Å². The van der Waals surface area contributed by atoms with E-state index in [1.165, 1.54) is 54.4 Å². The van der Waals surface area contributed by atoms with Gasteiger partial charge in [-0.15, -0.1) is 0 Å². The summed E-state index contributed by atoms with van der Waals surface area (Å²) in [6.45, 7) is 0. The van der Waals surface area contributed by atoms with Crippen LogP contribution in [0.25, 0.3) is 93.9 Å². The number of aromatic nitrogens is 4. The quantitative estimate of drug-likeness (QED) is 0.186. The SMILES string of the molecule is c1ccc(-n2c(-c3ccc(-n4c5ccccc5c5ccc6c(ccc7c8ccccc8n(-c8ccccc8)c76)c54)cc3)nc3ccccc32)cc1. The Balaban J connectivity index is 1.17. The molecule has 8 aromatic carbocycles. The van der Waals surface area contributed by atoms with Crippen molar-refractivity contribution in [2.24, 2.45) is 0 Å². The minimum absolute atomic E-state index is 0.928. The van der Waals surface area contributed by atoms with Gasteiger partial charge in [-0.3, -0.25) is 4.57 Å². The Bertz CT molecular complexity index is 3110. The first kappa shape index (κ1) is 28.0. The molecule has 0 aliphatic heterocycles. The van der Waals surface area contributed by atoms with Crippen molar-refractivity contribution in [1.82, 2.24) is 18.7 Å². The second-order valence-electron chi connectivity index (χ2n) is 13.2. The van der Waals surface area contributed by atoms with Crippen molar-refractivity contribution in [2.75, 3.05) is 0 Å². The van der Waals surface area contributed by atoms with Gasteiger partial charge in [-0.2, -0.15) is 0 Å². The predicted octanol–water partition coefficient (Wildman–Crippen LogP) is 12.0. The lowest BCUT2D eigenvalue weighted by atomic mass is 10.0. The summed E-state index contributed by atoms with van der Waals surface area (Å²) in [5.74, 6) is 0.928. The van der Waals surface area contributed by atoms with E-state index in [0.29, 0.717) is 0 Å². The number of para-hydroxylation sites is 6. The molecule has 3 heterocycles. The zero-order chi connectivity index (χ0) is 33.5. The first-order chi connectivity index (χ1) is 25.3. The second kappa shape index (κ2) is 10.8. The van der Waals surface area contributed by atoms with Gasteiger partial charge in [0.2, 0.25) is 0 Å². The molecule has 0 aliphatic rings. The molecule has 11 rings (SSSR count). The molecule has 3 aromatic heterocycles. The van der Waals surface area contributed by atoms with E-state index in [1.54, 1.807) is 0 Å². The highest BCUT2D eigenvalue weighted by Crippen LogP contribution is 2.42. The van der Waals surface area contributed by atoms with E-state index in [1.807, 2.05) is 0 Å². The molecule has 0 saturated carbocycles. The fourth-order valence-electron chi connectivity index (χ4n) is 8.26. The maximum absolute atomic E-state index is 5.13. The minimum Gasteiger partial charge on any atom is -0.309 e. The molecule has 0 bridgehead atoms. The zero-order valence-corrected chi connectivity index (χ0v) is 27.6. The first-order valence-corrected chi connectivity index (χ1v) is 17.4. The van der Waals surface area contributed by atoms with Gasteiger partial charge in [0.15, 0.2) is 0 Å². The highest BCUT2D eigenvalue weighted by Gasteiger charge is 2.20. The molecule has 4 nitrogen and oxygen atoms in total. The highest BCUT2D eigenvalue weighted by molar-refractivity contribution is 6.26. The monoisotopic (exact) mass is 650 g/mol. The maximum atomic E-state index is 5.13. The molecule has 11 aromatic rings. The van der Waals surface area contributed by atoms with Crippen LogP contribution in [0.1, 0.15) is 0 Å². The second-order valence-corrected chi connectivity index (χ2v) is 13.2. The highest BCUT2D eigenvalue weighted by atomic mass is 15.1. The molecule has 0 atom stereocenters. The molecule has 0 unspecified atom stereocenters. The molecule has 0 aliphatic carbocycles. The van der Waals surface area contributed by atoms with E-state index in [4.69, 9.17) is 4.98 Å². The van der Waals surface area contributed by atoms with E-state index in [2.05, 4.69) is 196 Å². The molecule has 0 N–H and O–H groups in total. The summed E-state index contributed by atoms with van der Waals surface area (Å²) in [6, 6.07) is 65.3. The molecule has 238 valence electrons. The summed E-state index contributed by atoms with van der Waals surface area (Å²) in [7, 11) is 0. The lowest BCUT2D eigenvalue weighted by molar-refractivity contribution is 1.10. The van der Waals surface area contributed by atoms with Gasteiger partial charge in [0.05, 0.1) is 33.1 Å². The molecular weight excluding hydrogens is 621 g/mol. The van der Waals surface area contributed by atoms with Crippen molar-refractivity contribution < 1.29 is 0 Å². The van der Waals surface area contributed by atoms with Crippen molar-refractivity contribution >= 4 is 65.4 Å². The van der Waals surface area contributed by atoms with Crippen LogP contribution >= 0.6 is 0 Å². The van der Waals surface area contributed by atoms with Gasteiger partial charge >= 0.3 is 0 Å². The van der Waals surface area contributed by atoms with Gasteiger partial charge in [0.25, 0.3) is 0 Å². The Morgan fingerprint density at radius 2 is 0.706 bits per heavy atom. The topological polar surface area (TPSA) is 27.7 Å². The largest absolute Gasteiger partial charge is 0.309 e. The number of hydrogen-bond donors (Lipinski definition) is 0. The Morgan fingerprint density at radius 1 is 0.294 bits per heavy atom. The summed E-state index contributed by atoms with van der Waals surface area (Å²) in [4.78, 5) is 5.13. The fourth-order valence-corrected chi connectivity index (χ4v) is 8.26. The van der Waals surface area contributed by atoms with Crippen LogP contribution in [0.2, 0.25) is 0 Å². The fraction of sp³-hybridized carbons (Fsp3) is 0. The van der Waals surface area contributed by atoms with Gasteiger partial charge < -0.3 is 9.13 Å². The third-order valence-corrected chi connectivity index (χ3v) is 10.4. The van der Waals surface area contributed by atoms with E-state index < -0.39 is 0 Å². The van der Waals surface area contributed by atoms with Crippen LogP contribution < -0.4 is 0 Å². The summed E-state index contributed by atoms with van der Waals surface area (Å²) < 4.78 is 7.13. The number of rotatable bonds is 4. The summed E-state index contributed by atoms with van der Waals surface area (Å²) in [5.41, 5.74) is 11.4. The van der Waals surface area contributed by atoms with E-state index in [0.717, 1.165) is 39.5 Å². The van der Waals surface area contributed by atoms with Crippen LogP contribution in [0.5, 0.6) is 0 Å². The van der Waals surface area contributed by atoms with Crippen molar-refractivity contribution in [3.05, 3.63) is 182 Å². The van der Waals surface area contributed by atoms with Crippen LogP contribution in [0.4, 0.5) is 0 Å². The minimum atomic E-state index is 0.928. The first-order valence-electron chi connectivity index (χ1n) is 17.4. The summed E-state index contributed by atoms with van der Waals surface area (Å²) in [5, 5.41) is 7.47. The third kappa shape index (κ3) is 4.05. The maximum Gasteiger partial charge on any atom is 0.145 e. The Hall–Kier alpha value is -6.91. The predicted molar refractivity (Wildman–Crippen MR) is 213 cm³/mol. The van der Waals surface area contributed by atoms with Crippen molar-refractivity contribution in [3.8, 4) is 28.5 Å². The van der Waals surface area contributed by atoms with Crippen LogP contribution in [0.15, 0.2) is 182 Å². The molecular formula is C47H30N4. The van der Waals surface area contributed by atoms with E-state index in [-0.39, 0.29) is 0 Å². The van der Waals surface area contributed by atoms with Gasteiger partial charge in [-0.1, -0.05) is 109 Å². The van der Waals surface area contributed by atoms with Crippen LogP contribution in [0.3, 0.4) is 0 Å². The molecule has 0 radical (unpaired) electrons. The van der Waals surface area contributed by atoms with Gasteiger partial charge in [0, 0.05) is 54.9 Å². The van der Waals surface area contributed by atoms with Crippen molar-refractivity contribution in [1.29, 1.82) is 0 Å². The van der Waals surface area contributed by atoms with Crippen molar-refractivity contribution in [3.63, 3.8) is 0 Å². The molecule has 0 saturated heterocycles. The van der Waals surface area contributed by atoms with Gasteiger partial charge in [-0.25, -0.2) is 4.98 Å². The van der Waals surface area contributed by atoms with Gasteiger partial charge in [0.1, 0.15) is 5.82 Å². The number of benzene rings is 8. The number of nitrogens with zero attached hydrogens (tertiary/aromatic N) is 4. The Kier molecular flexibility index (Phi) is 5.92. The van der Waals surface area contributed by atoms with E-state index >= 15 is 0 Å². The average Bonchev–Trinajstić information content (AvgIpc) is 3.87. The number of hydrogen-bond acceptors (Lipinski definition) is 1.